The summed E-state index contributed by atoms with van der Waals surface area (Å²) in [6.45, 7) is 0.882. The number of likely N-dealkylation sites (tertiary alicyclic amines) is 1. The number of rotatable bonds is 4. The molecule has 0 aliphatic carbocycles. The molecule has 5 heteroatoms. The maximum atomic E-state index is 12.6. The van der Waals surface area contributed by atoms with Crippen LogP contribution in [0.5, 0.6) is 0 Å². The highest BCUT2D eigenvalue weighted by Crippen LogP contribution is 2.51. The van der Waals surface area contributed by atoms with Crippen molar-refractivity contribution in [2.45, 2.75) is 11.7 Å². The van der Waals surface area contributed by atoms with E-state index < -0.39 is 29.5 Å². The second-order valence-corrected chi connectivity index (χ2v) is 6.27. The topological polar surface area (TPSA) is 66.8 Å². The number of carbonyl (C=O) groups excluding carboxylic acids is 1. The first-order valence-corrected chi connectivity index (χ1v) is 7.71. The highest BCUT2D eigenvalue weighted by atomic mass is 16.5. The summed E-state index contributed by atoms with van der Waals surface area (Å²) >= 11 is 0. The fourth-order valence-corrected chi connectivity index (χ4v) is 3.89. The van der Waals surface area contributed by atoms with Gasteiger partial charge in [-0.25, -0.2) is 0 Å². The van der Waals surface area contributed by atoms with Gasteiger partial charge in [0.1, 0.15) is 11.5 Å². The van der Waals surface area contributed by atoms with Crippen LogP contribution in [0.15, 0.2) is 48.6 Å². The molecule has 4 atom stereocenters. The molecule has 2 bridgehead atoms. The Morgan fingerprint density at radius 2 is 2.17 bits per heavy atom. The van der Waals surface area contributed by atoms with Crippen molar-refractivity contribution < 1.29 is 19.4 Å². The van der Waals surface area contributed by atoms with Crippen LogP contribution in [0.25, 0.3) is 6.08 Å². The predicted octanol–water partition coefficient (Wildman–Crippen LogP) is 1.57. The maximum absolute atomic E-state index is 12.6. The molecule has 0 radical (unpaired) electrons. The van der Waals surface area contributed by atoms with E-state index in [9.17, 15) is 14.7 Å². The van der Waals surface area contributed by atoms with Crippen LogP contribution < -0.4 is 0 Å². The predicted molar refractivity (Wildman–Crippen MR) is 83.4 cm³/mol. The van der Waals surface area contributed by atoms with E-state index in [0.717, 1.165) is 5.56 Å². The molecule has 3 heterocycles. The molecule has 3 aliphatic rings. The number of aliphatic carboxylic acids is 1. The Balaban J connectivity index is 1.51. The van der Waals surface area contributed by atoms with E-state index in [4.69, 9.17) is 4.74 Å². The second kappa shape index (κ2) is 5.06. The number of benzene rings is 1. The molecule has 2 saturated heterocycles. The molecule has 1 aromatic carbocycles. The lowest BCUT2D eigenvalue weighted by atomic mass is 9.77. The Labute approximate surface area is 133 Å². The Morgan fingerprint density at radius 1 is 1.39 bits per heavy atom. The number of carboxylic acids is 1. The lowest BCUT2D eigenvalue weighted by molar-refractivity contribution is -0.147. The molecule has 3 aliphatic heterocycles. The van der Waals surface area contributed by atoms with Crippen molar-refractivity contribution in [3.8, 4) is 0 Å². The number of nitrogens with zero attached hydrogens (tertiary/aromatic N) is 1. The summed E-state index contributed by atoms with van der Waals surface area (Å²) in [5.74, 6) is -2.45. The number of fused-ring (bicyclic) bond motifs is 1. The van der Waals surface area contributed by atoms with E-state index >= 15 is 0 Å². The van der Waals surface area contributed by atoms with Crippen molar-refractivity contribution in [1.29, 1.82) is 0 Å². The molecule has 118 valence electrons. The van der Waals surface area contributed by atoms with Gasteiger partial charge in [-0.3, -0.25) is 9.59 Å². The standard InChI is InChI=1S/C18H17NO4/c20-16-15-14(17(21)22)13-8-9-18(15,23-13)11-19(16)10-4-7-12-5-2-1-3-6-12/h1-9,13-15H,10-11H2,(H,21,22)/b7-4+/t13-,14+,15+,18+/m1/s1. The summed E-state index contributed by atoms with van der Waals surface area (Å²) in [4.78, 5) is 25.8. The minimum Gasteiger partial charge on any atom is -0.481 e. The van der Waals surface area contributed by atoms with Crippen molar-refractivity contribution in [3.05, 3.63) is 54.1 Å². The molecular weight excluding hydrogens is 294 g/mol. The number of carbonyl (C=O) groups is 2. The van der Waals surface area contributed by atoms with Gasteiger partial charge in [-0.2, -0.15) is 0 Å². The molecule has 0 saturated carbocycles. The zero-order valence-electron chi connectivity index (χ0n) is 12.5. The van der Waals surface area contributed by atoms with Crippen LogP contribution in [0, 0.1) is 11.8 Å². The van der Waals surface area contributed by atoms with Crippen LogP contribution in [-0.4, -0.2) is 46.7 Å². The molecule has 5 nitrogen and oxygen atoms in total. The van der Waals surface area contributed by atoms with Crippen LogP contribution in [-0.2, 0) is 14.3 Å². The first-order valence-electron chi connectivity index (χ1n) is 7.71. The minimum atomic E-state index is -0.957. The van der Waals surface area contributed by atoms with Crippen LogP contribution in [0.1, 0.15) is 5.56 Å². The number of hydrogen-bond acceptors (Lipinski definition) is 3. The minimum absolute atomic E-state index is 0.123. The Bertz CT molecular complexity index is 711. The average molecular weight is 311 g/mol. The van der Waals surface area contributed by atoms with Gasteiger partial charge in [0.05, 0.1) is 18.6 Å². The van der Waals surface area contributed by atoms with Gasteiger partial charge in [-0.15, -0.1) is 0 Å². The zero-order chi connectivity index (χ0) is 16.0. The third kappa shape index (κ3) is 2.11. The van der Waals surface area contributed by atoms with Gasteiger partial charge >= 0.3 is 5.97 Å². The molecule has 1 N–H and O–H groups in total. The lowest BCUT2D eigenvalue weighted by Crippen LogP contribution is -2.39. The number of ether oxygens (including phenoxy) is 1. The van der Waals surface area contributed by atoms with Gasteiger partial charge in [0.15, 0.2) is 0 Å². The summed E-state index contributed by atoms with van der Waals surface area (Å²) in [6.07, 6.45) is 7.08. The fourth-order valence-electron chi connectivity index (χ4n) is 3.89. The van der Waals surface area contributed by atoms with E-state index in [1.54, 1.807) is 11.0 Å². The van der Waals surface area contributed by atoms with Crippen molar-refractivity contribution >= 4 is 18.0 Å². The van der Waals surface area contributed by atoms with Crippen molar-refractivity contribution in [2.24, 2.45) is 11.8 Å². The summed E-state index contributed by atoms with van der Waals surface area (Å²) in [7, 11) is 0. The molecule has 4 rings (SSSR count). The van der Waals surface area contributed by atoms with Crippen LogP contribution in [0.3, 0.4) is 0 Å². The van der Waals surface area contributed by atoms with Gasteiger partial charge in [0, 0.05) is 6.54 Å². The van der Waals surface area contributed by atoms with Crippen LogP contribution in [0.4, 0.5) is 0 Å². The highest BCUT2D eigenvalue weighted by molar-refractivity contribution is 5.90. The first kappa shape index (κ1) is 14.2. The van der Waals surface area contributed by atoms with Crippen LogP contribution >= 0.6 is 0 Å². The largest absolute Gasteiger partial charge is 0.481 e. The summed E-state index contributed by atoms with van der Waals surface area (Å²) in [5.41, 5.74) is 0.323. The number of carboxylic acid groups (broad SMARTS) is 1. The molecule has 23 heavy (non-hydrogen) atoms. The summed E-state index contributed by atoms with van der Waals surface area (Å²) in [6, 6.07) is 9.85. The maximum Gasteiger partial charge on any atom is 0.310 e. The quantitative estimate of drug-likeness (QED) is 0.857. The first-order chi connectivity index (χ1) is 11.1. The summed E-state index contributed by atoms with van der Waals surface area (Å²) in [5, 5.41) is 9.41. The number of amides is 1. The van der Waals surface area contributed by atoms with E-state index in [-0.39, 0.29) is 5.91 Å². The molecule has 1 spiro atoms. The lowest BCUT2D eigenvalue weighted by Gasteiger charge is -2.21. The second-order valence-electron chi connectivity index (χ2n) is 6.27. The van der Waals surface area contributed by atoms with Crippen molar-refractivity contribution in [1.82, 2.24) is 4.90 Å². The molecule has 2 fully saturated rings. The summed E-state index contributed by atoms with van der Waals surface area (Å²) < 4.78 is 5.84. The normalized spacial score (nSPS) is 34.5. The highest BCUT2D eigenvalue weighted by Gasteiger charge is 2.66. The third-order valence-corrected chi connectivity index (χ3v) is 4.90. The Hall–Kier alpha value is -2.40. The molecule has 1 aromatic rings. The Kier molecular flexibility index (Phi) is 3.13. The molecule has 0 aromatic heterocycles. The number of hydrogen-bond donors (Lipinski definition) is 1. The fraction of sp³-hybridized carbons (Fsp3) is 0.333. The SMILES string of the molecule is O=C(O)[C@@H]1[C@H]2C(=O)N(C/C=C/c3ccccc3)C[C@@]23C=C[C@H]1O3. The molecule has 0 unspecified atom stereocenters. The van der Waals surface area contributed by atoms with Gasteiger partial charge < -0.3 is 14.7 Å². The molecular formula is C18H17NO4. The van der Waals surface area contributed by atoms with E-state index in [1.165, 1.54) is 0 Å². The Morgan fingerprint density at radius 3 is 2.91 bits per heavy atom. The van der Waals surface area contributed by atoms with E-state index in [0.29, 0.717) is 13.1 Å². The van der Waals surface area contributed by atoms with E-state index in [2.05, 4.69) is 0 Å². The monoisotopic (exact) mass is 311 g/mol. The molecule has 1 amide bonds. The van der Waals surface area contributed by atoms with Crippen molar-refractivity contribution in [2.75, 3.05) is 13.1 Å². The van der Waals surface area contributed by atoms with Crippen LogP contribution in [0.2, 0.25) is 0 Å². The van der Waals surface area contributed by atoms with Crippen molar-refractivity contribution in [3.63, 3.8) is 0 Å². The van der Waals surface area contributed by atoms with E-state index in [1.807, 2.05) is 48.6 Å². The zero-order valence-corrected chi connectivity index (χ0v) is 12.5. The van der Waals surface area contributed by atoms with Gasteiger partial charge in [-0.1, -0.05) is 54.6 Å². The smallest absolute Gasteiger partial charge is 0.310 e. The van der Waals surface area contributed by atoms with Gasteiger partial charge in [-0.05, 0) is 5.56 Å². The van der Waals surface area contributed by atoms with Gasteiger partial charge in [0.2, 0.25) is 5.91 Å². The van der Waals surface area contributed by atoms with Gasteiger partial charge in [0.25, 0.3) is 0 Å². The third-order valence-electron chi connectivity index (χ3n) is 4.90. The average Bonchev–Trinajstić information content (AvgIpc) is 3.17.